The van der Waals surface area contributed by atoms with E-state index in [-0.39, 0.29) is 5.91 Å². The standard InChI is InChI=1S/C11H11BrClN5O/c1-18-5-6(3-16-18)9(14)11(19)17-7-2-8(12)10(13)15-4-7/h2-5,9H,14H2,1H3,(H,17,19). The highest BCUT2D eigenvalue weighted by Gasteiger charge is 2.17. The predicted octanol–water partition coefficient (Wildman–Crippen LogP) is 1.87. The summed E-state index contributed by atoms with van der Waals surface area (Å²) < 4.78 is 2.19. The molecule has 100 valence electrons. The van der Waals surface area contributed by atoms with Crippen molar-refractivity contribution in [2.24, 2.45) is 12.8 Å². The van der Waals surface area contributed by atoms with Crippen molar-refractivity contribution >= 4 is 39.1 Å². The maximum Gasteiger partial charge on any atom is 0.246 e. The number of hydrogen-bond donors (Lipinski definition) is 2. The lowest BCUT2D eigenvalue weighted by Crippen LogP contribution is -2.27. The molecule has 0 saturated carbocycles. The summed E-state index contributed by atoms with van der Waals surface area (Å²) in [6.45, 7) is 0. The third-order valence-corrected chi connectivity index (χ3v) is 3.56. The fourth-order valence-corrected chi connectivity index (χ4v) is 1.91. The number of nitrogens with one attached hydrogen (secondary N) is 1. The van der Waals surface area contributed by atoms with Crippen LogP contribution in [0.4, 0.5) is 5.69 Å². The van der Waals surface area contributed by atoms with Crippen LogP contribution in [0.2, 0.25) is 5.15 Å². The minimum atomic E-state index is -0.789. The van der Waals surface area contributed by atoms with E-state index < -0.39 is 6.04 Å². The van der Waals surface area contributed by atoms with Gasteiger partial charge in [0.25, 0.3) is 0 Å². The fraction of sp³-hybridized carbons (Fsp3) is 0.182. The monoisotopic (exact) mass is 343 g/mol. The van der Waals surface area contributed by atoms with Crippen LogP contribution in [0.3, 0.4) is 0 Å². The molecule has 0 saturated heterocycles. The SMILES string of the molecule is Cn1cc(C(N)C(=O)Nc2cnc(Cl)c(Br)c2)cn1. The van der Waals surface area contributed by atoms with E-state index in [1.165, 1.54) is 6.20 Å². The van der Waals surface area contributed by atoms with Crippen molar-refractivity contribution < 1.29 is 4.79 Å². The van der Waals surface area contributed by atoms with Crippen molar-refractivity contribution in [3.63, 3.8) is 0 Å². The van der Waals surface area contributed by atoms with Crippen LogP contribution in [0.1, 0.15) is 11.6 Å². The third kappa shape index (κ3) is 3.31. The van der Waals surface area contributed by atoms with Gasteiger partial charge in [-0.2, -0.15) is 5.10 Å². The van der Waals surface area contributed by atoms with Gasteiger partial charge < -0.3 is 11.1 Å². The van der Waals surface area contributed by atoms with E-state index in [0.717, 1.165) is 0 Å². The Labute approximate surface area is 123 Å². The zero-order valence-electron chi connectivity index (χ0n) is 9.97. The predicted molar refractivity (Wildman–Crippen MR) is 75.7 cm³/mol. The maximum atomic E-state index is 12.0. The number of carbonyl (C=O) groups excluding carboxylic acids is 1. The molecular formula is C11H11BrClN5O. The van der Waals surface area contributed by atoms with Gasteiger partial charge in [0.05, 0.1) is 22.6 Å². The number of carbonyl (C=O) groups is 1. The smallest absolute Gasteiger partial charge is 0.246 e. The molecule has 0 bridgehead atoms. The Bertz CT molecular complexity index is 615. The summed E-state index contributed by atoms with van der Waals surface area (Å²) in [4.78, 5) is 15.9. The number of amides is 1. The Morgan fingerprint density at radius 3 is 2.89 bits per heavy atom. The number of nitrogens with two attached hydrogens (primary N) is 1. The summed E-state index contributed by atoms with van der Waals surface area (Å²) in [7, 11) is 1.76. The number of nitrogens with zero attached hydrogens (tertiary/aromatic N) is 3. The average Bonchev–Trinajstić information content (AvgIpc) is 2.79. The van der Waals surface area contributed by atoms with E-state index in [9.17, 15) is 4.79 Å². The van der Waals surface area contributed by atoms with Gasteiger partial charge in [-0.3, -0.25) is 9.48 Å². The summed E-state index contributed by atoms with van der Waals surface area (Å²) >= 11 is 9.00. The van der Waals surface area contributed by atoms with Crippen LogP contribution < -0.4 is 11.1 Å². The lowest BCUT2D eigenvalue weighted by Gasteiger charge is -2.10. The molecule has 2 aromatic rings. The van der Waals surface area contributed by atoms with Gasteiger partial charge in [-0.1, -0.05) is 11.6 Å². The highest BCUT2D eigenvalue weighted by Crippen LogP contribution is 2.23. The number of hydrogen-bond acceptors (Lipinski definition) is 4. The molecule has 1 unspecified atom stereocenters. The van der Waals surface area contributed by atoms with Gasteiger partial charge in [0.2, 0.25) is 5.91 Å². The molecule has 3 N–H and O–H groups in total. The molecule has 2 heterocycles. The lowest BCUT2D eigenvalue weighted by molar-refractivity contribution is -0.117. The molecule has 0 aliphatic rings. The van der Waals surface area contributed by atoms with Crippen molar-refractivity contribution in [1.82, 2.24) is 14.8 Å². The van der Waals surface area contributed by atoms with Crippen molar-refractivity contribution in [1.29, 1.82) is 0 Å². The van der Waals surface area contributed by atoms with Gasteiger partial charge in [0, 0.05) is 18.8 Å². The van der Waals surface area contributed by atoms with Gasteiger partial charge >= 0.3 is 0 Å². The highest BCUT2D eigenvalue weighted by atomic mass is 79.9. The first-order chi connectivity index (χ1) is 8.97. The fourth-order valence-electron chi connectivity index (χ4n) is 1.46. The van der Waals surface area contributed by atoms with E-state index in [1.54, 1.807) is 30.2 Å². The molecule has 0 spiro atoms. The number of anilines is 1. The molecule has 0 aromatic carbocycles. The van der Waals surface area contributed by atoms with Crippen LogP contribution in [0, 0.1) is 0 Å². The Hall–Kier alpha value is -1.44. The van der Waals surface area contributed by atoms with Crippen LogP contribution in [0.25, 0.3) is 0 Å². The van der Waals surface area contributed by atoms with Gasteiger partial charge in [-0.15, -0.1) is 0 Å². The second-order valence-electron chi connectivity index (χ2n) is 3.91. The minimum absolute atomic E-state index is 0.328. The van der Waals surface area contributed by atoms with E-state index in [1.807, 2.05) is 0 Å². The van der Waals surface area contributed by atoms with Crippen molar-refractivity contribution in [3.8, 4) is 0 Å². The molecular weight excluding hydrogens is 334 g/mol. The zero-order valence-corrected chi connectivity index (χ0v) is 12.3. The first-order valence-corrected chi connectivity index (χ1v) is 6.50. The average molecular weight is 345 g/mol. The summed E-state index contributed by atoms with van der Waals surface area (Å²) in [5, 5.41) is 6.97. The molecule has 19 heavy (non-hydrogen) atoms. The van der Waals surface area contributed by atoms with Crippen LogP contribution in [0.15, 0.2) is 29.1 Å². The van der Waals surface area contributed by atoms with Crippen molar-refractivity contribution in [3.05, 3.63) is 39.8 Å². The van der Waals surface area contributed by atoms with E-state index >= 15 is 0 Å². The molecule has 0 radical (unpaired) electrons. The number of pyridine rings is 1. The molecule has 8 heteroatoms. The lowest BCUT2D eigenvalue weighted by atomic mass is 10.1. The van der Waals surface area contributed by atoms with E-state index in [0.29, 0.717) is 20.9 Å². The molecule has 0 aliphatic carbocycles. The summed E-state index contributed by atoms with van der Waals surface area (Å²) in [5.74, 6) is -0.343. The molecule has 1 atom stereocenters. The first-order valence-electron chi connectivity index (χ1n) is 5.33. The Morgan fingerprint density at radius 2 is 2.32 bits per heavy atom. The Morgan fingerprint density at radius 1 is 1.58 bits per heavy atom. The van der Waals surface area contributed by atoms with Crippen molar-refractivity contribution in [2.75, 3.05) is 5.32 Å². The van der Waals surface area contributed by atoms with Crippen LogP contribution in [-0.2, 0) is 11.8 Å². The number of aromatic nitrogens is 3. The third-order valence-electron chi connectivity index (χ3n) is 2.43. The molecule has 0 fully saturated rings. The summed E-state index contributed by atoms with van der Waals surface area (Å²) in [6.07, 6.45) is 4.71. The highest BCUT2D eigenvalue weighted by molar-refractivity contribution is 9.10. The normalized spacial score (nSPS) is 12.2. The van der Waals surface area contributed by atoms with Gasteiger partial charge in [0.15, 0.2) is 0 Å². The molecule has 2 rings (SSSR count). The van der Waals surface area contributed by atoms with Gasteiger partial charge in [-0.05, 0) is 22.0 Å². The van der Waals surface area contributed by atoms with Crippen LogP contribution in [0.5, 0.6) is 0 Å². The number of rotatable bonds is 3. The largest absolute Gasteiger partial charge is 0.323 e. The topological polar surface area (TPSA) is 85.8 Å². The van der Waals surface area contributed by atoms with Crippen molar-refractivity contribution in [2.45, 2.75) is 6.04 Å². The maximum absolute atomic E-state index is 12.0. The van der Waals surface area contributed by atoms with E-state index in [4.69, 9.17) is 17.3 Å². The zero-order chi connectivity index (χ0) is 14.0. The van der Waals surface area contributed by atoms with Crippen LogP contribution >= 0.6 is 27.5 Å². The molecule has 6 nitrogen and oxygen atoms in total. The Balaban J connectivity index is 2.10. The van der Waals surface area contributed by atoms with Crippen LogP contribution in [-0.4, -0.2) is 20.7 Å². The second kappa shape index (κ2) is 5.68. The molecule has 1 amide bonds. The molecule has 2 aromatic heterocycles. The summed E-state index contributed by atoms with van der Waals surface area (Å²) in [5.41, 5.74) is 7.00. The Kier molecular flexibility index (Phi) is 4.18. The number of halogens is 2. The first kappa shape index (κ1) is 14.0. The molecule has 0 aliphatic heterocycles. The quantitative estimate of drug-likeness (QED) is 0.832. The number of aryl methyl sites for hydroxylation is 1. The minimum Gasteiger partial charge on any atom is -0.323 e. The van der Waals surface area contributed by atoms with Gasteiger partial charge in [-0.25, -0.2) is 4.98 Å². The van der Waals surface area contributed by atoms with E-state index in [2.05, 4.69) is 31.3 Å². The second-order valence-corrected chi connectivity index (χ2v) is 5.12. The van der Waals surface area contributed by atoms with Gasteiger partial charge in [0.1, 0.15) is 11.2 Å². The summed E-state index contributed by atoms with van der Waals surface area (Å²) in [6, 6.07) is 0.867.